The fourth-order valence-electron chi connectivity index (χ4n) is 3.11. The maximum absolute atomic E-state index is 12.5. The third kappa shape index (κ3) is 3.13. The molecule has 2 bridgehead atoms. The number of fused-ring (bicyclic) bond motifs is 2. The van der Waals surface area contributed by atoms with Crippen LogP contribution in [0.25, 0.3) is 5.65 Å². The topological polar surface area (TPSA) is 105 Å². The van der Waals surface area contributed by atoms with Gasteiger partial charge in [0.25, 0.3) is 5.91 Å². The van der Waals surface area contributed by atoms with Crippen molar-refractivity contribution in [2.75, 3.05) is 37.9 Å². The highest BCUT2D eigenvalue weighted by Crippen LogP contribution is 2.32. The van der Waals surface area contributed by atoms with E-state index < -0.39 is 0 Å². The lowest BCUT2D eigenvalue weighted by atomic mass is 10.1. The third-order valence-corrected chi connectivity index (χ3v) is 4.46. The maximum Gasteiger partial charge on any atom is 0.271 e. The zero-order valence-corrected chi connectivity index (χ0v) is 15.2. The number of carbonyl (C=O) groups is 1. The lowest BCUT2D eigenvalue weighted by Gasteiger charge is -2.16. The first-order valence-corrected chi connectivity index (χ1v) is 8.69. The van der Waals surface area contributed by atoms with Crippen LogP contribution in [0.4, 0.5) is 17.2 Å². The van der Waals surface area contributed by atoms with Gasteiger partial charge in [-0.2, -0.15) is 0 Å². The average Bonchev–Trinajstić information content (AvgIpc) is 3.11. The quantitative estimate of drug-likeness (QED) is 0.542. The van der Waals surface area contributed by atoms with Gasteiger partial charge in [0, 0.05) is 32.7 Å². The molecule has 3 aromatic rings. The van der Waals surface area contributed by atoms with Crippen molar-refractivity contribution in [3.8, 4) is 5.75 Å². The molecule has 0 aliphatic carbocycles. The van der Waals surface area contributed by atoms with Gasteiger partial charge in [-0.05, 0) is 11.6 Å². The molecular weight excluding hydrogens is 346 g/mol. The Balaban J connectivity index is 1.90. The Kier molecular flexibility index (Phi) is 4.51. The second-order valence-electron chi connectivity index (χ2n) is 6.12. The number of anilines is 3. The van der Waals surface area contributed by atoms with Crippen molar-refractivity contribution in [1.29, 1.82) is 0 Å². The van der Waals surface area contributed by atoms with E-state index in [1.807, 2.05) is 24.3 Å². The summed E-state index contributed by atoms with van der Waals surface area (Å²) in [6.45, 7) is 1.76. The van der Waals surface area contributed by atoms with Crippen LogP contribution in [0, 0.1) is 0 Å². The normalized spacial score (nSPS) is 14.4. The highest BCUT2D eigenvalue weighted by molar-refractivity contribution is 5.94. The Bertz CT molecular complexity index is 999. The van der Waals surface area contributed by atoms with E-state index in [4.69, 9.17) is 4.74 Å². The molecule has 3 heterocycles. The molecule has 2 aromatic heterocycles. The van der Waals surface area contributed by atoms with Crippen LogP contribution in [0.15, 0.2) is 30.5 Å². The van der Waals surface area contributed by atoms with Gasteiger partial charge in [0.2, 0.25) is 0 Å². The van der Waals surface area contributed by atoms with Crippen LogP contribution < -0.4 is 26.0 Å². The molecule has 0 radical (unpaired) electrons. The number of nitrogens with one attached hydrogen (secondary N) is 4. The molecule has 9 heteroatoms. The number of ether oxygens (including phenoxy) is 1. The summed E-state index contributed by atoms with van der Waals surface area (Å²) in [5.41, 5.74) is 3.60. The summed E-state index contributed by atoms with van der Waals surface area (Å²) in [5, 5.41) is 17.3. The number of aromatic nitrogens is 3. The Morgan fingerprint density at radius 1 is 1.30 bits per heavy atom. The number of hydrogen-bond acceptors (Lipinski definition) is 7. The zero-order chi connectivity index (χ0) is 18.8. The summed E-state index contributed by atoms with van der Waals surface area (Å²) in [4.78, 5) is 16.9. The molecule has 0 saturated carbocycles. The molecule has 1 aliphatic rings. The smallest absolute Gasteiger partial charge is 0.271 e. The van der Waals surface area contributed by atoms with Crippen LogP contribution >= 0.6 is 0 Å². The molecular formula is C18H21N7O2. The first-order valence-electron chi connectivity index (χ1n) is 8.69. The van der Waals surface area contributed by atoms with Crippen LogP contribution in [-0.2, 0) is 6.54 Å². The molecule has 140 valence electrons. The molecule has 0 spiro atoms. The summed E-state index contributed by atoms with van der Waals surface area (Å²) in [6, 6.07) is 7.73. The number of carbonyl (C=O) groups excluding carboxylic acids is 1. The van der Waals surface area contributed by atoms with Crippen molar-refractivity contribution in [3.63, 3.8) is 0 Å². The SMILES string of the molecule is CNc1cc2nn3c(cnc13)C(=O)NCCNCc1cccc(OC)c1N2. The molecule has 0 atom stereocenters. The Morgan fingerprint density at radius 3 is 3.00 bits per heavy atom. The van der Waals surface area contributed by atoms with Crippen molar-refractivity contribution in [3.05, 3.63) is 41.7 Å². The van der Waals surface area contributed by atoms with Crippen LogP contribution in [0.1, 0.15) is 16.1 Å². The molecule has 1 aromatic carbocycles. The van der Waals surface area contributed by atoms with Crippen LogP contribution in [0.3, 0.4) is 0 Å². The van der Waals surface area contributed by atoms with Crippen molar-refractivity contribution in [2.45, 2.75) is 6.54 Å². The van der Waals surface area contributed by atoms with E-state index in [1.54, 1.807) is 18.7 Å². The zero-order valence-electron chi connectivity index (χ0n) is 15.2. The largest absolute Gasteiger partial charge is 0.495 e. The van der Waals surface area contributed by atoms with Gasteiger partial charge in [-0.3, -0.25) is 4.79 Å². The first kappa shape index (κ1) is 17.1. The van der Waals surface area contributed by atoms with Crippen LogP contribution in [-0.4, -0.2) is 47.8 Å². The third-order valence-electron chi connectivity index (χ3n) is 4.46. The molecule has 1 aliphatic heterocycles. The number of methoxy groups -OCH3 is 1. The van der Waals surface area contributed by atoms with E-state index in [0.29, 0.717) is 36.8 Å². The Hall–Kier alpha value is -3.33. The molecule has 4 rings (SSSR count). The number of rotatable bonds is 2. The Morgan fingerprint density at radius 2 is 2.19 bits per heavy atom. The predicted molar refractivity (Wildman–Crippen MR) is 103 cm³/mol. The summed E-state index contributed by atoms with van der Waals surface area (Å²) in [7, 11) is 3.44. The average molecular weight is 367 g/mol. The van der Waals surface area contributed by atoms with Gasteiger partial charge >= 0.3 is 0 Å². The standard InChI is InChI=1S/C18H21N7O2/c1-19-12-8-15-23-16-11(4-3-5-14(16)27-2)9-20-6-7-21-18(26)13-10-22-17(12)25(13)24-15/h3-5,8,10,19-20H,6-7,9H2,1-2H3,(H,21,26)(H,23,24). The fraction of sp³-hybridized carbons (Fsp3) is 0.278. The van der Waals surface area contributed by atoms with Crippen LogP contribution in [0.5, 0.6) is 5.75 Å². The van der Waals surface area contributed by atoms with Crippen molar-refractivity contribution < 1.29 is 9.53 Å². The second kappa shape index (κ2) is 7.12. The van der Waals surface area contributed by atoms with Gasteiger partial charge in [-0.1, -0.05) is 12.1 Å². The van der Waals surface area contributed by atoms with Gasteiger partial charge in [0.1, 0.15) is 5.75 Å². The highest BCUT2D eigenvalue weighted by atomic mass is 16.5. The van der Waals surface area contributed by atoms with Gasteiger partial charge in [0.05, 0.1) is 24.7 Å². The molecule has 0 saturated heterocycles. The van der Waals surface area contributed by atoms with Gasteiger partial charge in [-0.25, -0.2) is 9.50 Å². The Labute approximate surface area is 156 Å². The highest BCUT2D eigenvalue weighted by Gasteiger charge is 2.18. The molecule has 4 N–H and O–H groups in total. The number of hydrogen-bond donors (Lipinski definition) is 4. The summed E-state index contributed by atoms with van der Waals surface area (Å²) in [6.07, 6.45) is 1.53. The predicted octanol–water partition coefficient (Wildman–Crippen LogP) is 1.36. The van der Waals surface area contributed by atoms with Gasteiger partial charge in [-0.15, -0.1) is 5.10 Å². The molecule has 0 fully saturated rings. The number of imidazole rings is 1. The van der Waals surface area contributed by atoms with Crippen LogP contribution in [0.2, 0.25) is 0 Å². The number of para-hydroxylation sites is 1. The van der Waals surface area contributed by atoms with E-state index in [2.05, 4.69) is 31.3 Å². The van der Waals surface area contributed by atoms with E-state index in [1.165, 1.54) is 6.20 Å². The van der Waals surface area contributed by atoms with Gasteiger partial charge < -0.3 is 26.0 Å². The minimum atomic E-state index is -0.217. The van der Waals surface area contributed by atoms with E-state index in [-0.39, 0.29) is 5.91 Å². The molecule has 27 heavy (non-hydrogen) atoms. The maximum atomic E-state index is 12.5. The van der Waals surface area contributed by atoms with Gasteiger partial charge in [0.15, 0.2) is 17.2 Å². The summed E-state index contributed by atoms with van der Waals surface area (Å²) in [5.74, 6) is 1.08. The fourth-order valence-corrected chi connectivity index (χ4v) is 3.11. The summed E-state index contributed by atoms with van der Waals surface area (Å²) < 4.78 is 7.07. The van der Waals surface area contributed by atoms with Crippen molar-refractivity contribution in [1.82, 2.24) is 25.2 Å². The van der Waals surface area contributed by atoms with Crippen molar-refractivity contribution in [2.24, 2.45) is 0 Å². The van der Waals surface area contributed by atoms with Crippen molar-refractivity contribution >= 4 is 28.7 Å². The monoisotopic (exact) mass is 367 g/mol. The molecule has 9 nitrogen and oxygen atoms in total. The minimum absolute atomic E-state index is 0.217. The lowest BCUT2D eigenvalue weighted by Crippen LogP contribution is -2.32. The number of amides is 1. The molecule has 1 amide bonds. The lowest BCUT2D eigenvalue weighted by molar-refractivity contribution is 0.0947. The second-order valence-corrected chi connectivity index (χ2v) is 6.12. The number of benzene rings is 1. The van der Waals surface area contributed by atoms with E-state index in [9.17, 15) is 4.79 Å². The molecule has 0 unspecified atom stereocenters. The summed E-state index contributed by atoms with van der Waals surface area (Å²) >= 11 is 0. The van der Waals surface area contributed by atoms with E-state index >= 15 is 0 Å². The number of nitrogens with zero attached hydrogens (tertiary/aromatic N) is 3. The first-order chi connectivity index (χ1) is 13.2. The minimum Gasteiger partial charge on any atom is -0.495 e. The van der Waals surface area contributed by atoms with E-state index in [0.717, 1.165) is 22.7 Å².